The Morgan fingerprint density at radius 1 is 0.833 bits per heavy atom. The maximum Gasteiger partial charge on any atom is 0.573 e. The van der Waals surface area contributed by atoms with Gasteiger partial charge in [0.1, 0.15) is 5.75 Å². The van der Waals surface area contributed by atoms with Crippen LogP contribution >= 0.6 is 0 Å². The van der Waals surface area contributed by atoms with Gasteiger partial charge < -0.3 is 4.74 Å². The Bertz CT molecular complexity index is 718. The maximum atomic E-state index is 13.1. The summed E-state index contributed by atoms with van der Waals surface area (Å²) < 4.78 is 104. The van der Waals surface area contributed by atoms with Gasteiger partial charge in [-0.2, -0.15) is 13.2 Å². The Hall–Kier alpha value is -2.32. The third kappa shape index (κ3) is 4.36. The fourth-order valence-electron chi connectivity index (χ4n) is 2.04. The third-order valence-corrected chi connectivity index (χ3v) is 2.99. The zero-order valence-corrected chi connectivity index (χ0v) is 11.6. The van der Waals surface area contributed by atoms with Crippen LogP contribution in [0.5, 0.6) is 5.75 Å². The highest BCUT2D eigenvalue weighted by Gasteiger charge is 2.33. The van der Waals surface area contributed by atoms with E-state index in [9.17, 15) is 35.1 Å². The number of rotatable bonds is 3. The van der Waals surface area contributed by atoms with Crippen molar-refractivity contribution in [3.05, 3.63) is 53.6 Å². The molecule has 0 aliphatic carbocycles. The first-order valence-electron chi connectivity index (χ1n) is 6.33. The van der Waals surface area contributed by atoms with Crippen LogP contribution in [0.2, 0.25) is 0 Å². The molecular weight excluding hydrogens is 348 g/mol. The number of hydrogen-bond acceptors (Lipinski definition) is 1. The van der Waals surface area contributed by atoms with Crippen LogP contribution in [-0.4, -0.2) is 6.36 Å². The van der Waals surface area contributed by atoms with Gasteiger partial charge in [-0.15, -0.1) is 13.2 Å². The van der Waals surface area contributed by atoms with Crippen LogP contribution in [0.4, 0.5) is 35.1 Å². The van der Waals surface area contributed by atoms with Gasteiger partial charge in [-0.1, -0.05) is 18.2 Å². The first-order valence-corrected chi connectivity index (χ1v) is 6.33. The number of hydrogen-bond donors (Lipinski definition) is 0. The normalized spacial score (nSPS) is 12.5. The van der Waals surface area contributed by atoms with Crippen LogP contribution in [0.1, 0.15) is 17.6 Å². The molecule has 0 atom stereocenters. The van der Waals surface area contributed by atoms with Crippen LogP contribution in [-0.2, 0) is 6.18 Å². The van der Waals surface area contributed by atoms with Gasteiger partial charge >= 0.3 is 12.5 Å². The fraction of sp³-hybridized carbons (Fsp3) is 0.200. The zero-order chi connectivity index (χ0) is 18.1. The average Bonchev–Trinajstić information content (AvgIpc) is 2.44. The minimum Gasteiger partial charge on any atom is -0.406 e. The molecule has 0 aromatic heterocycles. The summed E-state index contributed by atoms with van der Waals surface area (Å²) >= 11 is 0. The summed E-state index contributed by atoms with van der Waals surface area (Å²) in [5, 5.41) is 0. The standard InChI is InChI=1S/C15H8F8O/c16-13(17)12-7-9(14(18,19)20)4-5-11(12)8-2-1-3-10(6-8)24-15(21,22)23/h1-7,13H. The van der Waals surface area contributed by atoms with E-state index in [0.717, 1.165) is 24.3 Å². The second-order valence-corrected chi connectivity index (χ2v) is 4.68. The first-order chi connectivity index (χ1) is 11.0. The summed E-state index contributed by atoms with van der Waals surface area (Å²) in [4.78, 5) is 0. The number of alkyl halides is 8. The molecule has 0 N–H and O–H groups in total. The average molecular weight is 356 g/mol. The summed E-state index contributed by atoms with van der Waals surface area (Å²) in [5.41, 5.74) is -2.65. The number of ether oxygens (including phenoxy) is 1. The van der Waals surface area contributed by atoms with E-state index in [1.54, 1.807) is 0 Å². The Balaban J connectivity index is 2.50. The van der Waals surface area contributed by atoms with E-state index in [2.05, 4.69) is 4.74 Å². The van der Waals surface area contributed by atoms with E-state index in [0.29, 0.717) is 6.07 Å². The molecule has 24 heavy (non-hydrogen) atoms. The van der Waals surface area contributed by atoms with Gasteiger partial charge in [-0.25, -0.2) is 8.78 Å². The Labute approximate surface area is 130 Å². The van der Waals surface area contributed by atoms with Crippen molar-refractivity contribution in [3.8, 4) is 16.9 Å². The van der Waals surface area contributed by atoms with Gasteiger partial charge in [0.2, 0.25) is 0 Å². The maximum absolute atomic E-state index is 13.1. The minimum absolute atomic E-state index is 0.124. The van der Waals surface area contributed by atoms with Gasteiger partial charge in [0.15, 0.2) is 0 Å². The largest absolute Gasteiger partial charge is 0.573 e. The molecule has 0 heterocycles. The molecule has 0 bridgehead atoms. The highest BCUT2D eigenvalue weighted by atomic mass is 19.4. The lowest BCUT2D eigenvalue weighted by atomic mass is 9.97. The second-order valence-electron chi connectivity index (χ2n) is 4.68. The summed E-state index contributed by atoms with van der Waals surface area (Å²) in [7, 11) is 0. The lowest BCUT2D eigenvalue weighted by Gasteiger charge is -2.15. The molecule has 130 valence electrons. The summed E-state index contributed by atoms with van der Waals surface area (Å²) in [6.45, 7) is 0. The van der Waals surface area contributed by atoms with Gasteiger partial charge in [-0.3, -0.25) is 0 Å². The summed E-state index contributed by atoms with van der Waals surface area (Å²) in [6.07, 6.45) is -13.0. The molecule has 0 spiro atoms. The lowest BCUT2D eigenvalue weighted by Crippen LogP contribution is -2.17. The molecule has 2 aromatic carbocycles. The van der Waals surface area contributed by atoms with Crippen molar-refractivity contribution in [1.82, 2.24) is 0 Å². The summed E-state index contributed by atoms with van der Waals surface area (Å²) in [5.74, 6) is -0.667. The molecule has 2 rings (SSSR count). The molecule has 0 aliphatic rings. The quantitative estimate of drug-likeness (QED) is 0.594. The first kappa shape index (κ1) is 18.0. The topological polar surface area (TPSA) is 9.23 Å². The molecule has 0 saturated heterocycles. The number of halogens is 8. The predicted octanol–water partition coefficient (Wildman–Crippen LogP) is 6.21. The smallest absolute Gasteiger partial charge is 0.406 e. The van der Waals surface area contributed by atoms with Crippen molar-refractivity contribution < 1.29 is 39.9 Å². The molecule has 9 heteroatoms. The van der Waals surface area contributed by atoms with Crippen molar-refractivity contribution in [1.29, 1.82) is 0 Å². The van der Waals surface area contributed by atoms with E-state index in [1.807, 2.05) is 0 Å². The van der Waals surface area contributed by atoms with Gasteiger partial charge in [0.05, 0.1) is 5.56 Å². The second kappa shape index (κ2) is 6.29. The molecule has 0 amide bonds. The van der Waals surface area contributed by atoms with Crippen LogP contribution in [0.3, 0.4) is 0 Å². The Morgan fingerprint density at radius 3 is 2.04 bits per heavy atom. The highest BCUT2D eigenvalue weighted by molar-refractivity contribution is 5.69. The van der Waals surface area contributed by atoms with Gasteiger partial charge in [0.25, 0.3) is 6.43 Å². The molecule has 0 radical (unpaired) electrons. The monoisotopic (exact) mass is 356 g/mol. The van der Waals surface area contributed by atoms with Gasteiger partial charge in [-0.05, 0) is 35.4 Å². The summed E-state index contributed by atoms with van der Waals surface area (Å²) in [6, 6.07) is 5.72. The van der Waals surface area contributed by atoms with Gasteiger partial charge in [0, 0.05) is 5.56 Å². The molecule has 0 saturated carbocycles. The molecule has 0 aliphatic heterocycles. The van der Waals surface area contributed by atoms with E-state index >= 15 is 0 Å². The minimum atomic E-state index is -4.98. The third-order valence-electron chi connectivity index (χ3n) is 2.99. The van der Waals surface area contributed by atoms with E-state index in [-0.39, 0.29) is 17.2 Å². The van der Waals surface area contributed by atoms with Crippen LogP contribution in [0.15, 0.2) is 42.5 Å². The fourth-order valence-corrected chi connectivity index (χ4v) is 2.04. The molecule has 1 nitrogen and oxygen atoms in total. The SMILES string of the molecule is FC(F)c1cc(C(F)(F)F)ccc1-c1cccc(OC(F)(F)F)c1. The van der Waals surface area contributed by atoms with Crippen molar-refractivity contribution in [3.63, 3.8) is 0 Å². The Morgan fingerprint density at radius 2 is 1.50 bits per heavy atom. The van der Waals surface area contributed by atoms with Crippen molar-refractivity contribution >= 4 is 0 Å². The van der Waals surface area contributed by atoms with E-state index in [4.69, 9.17) is 0 Å². The van der Waals surface area contributed by atoms with Crippen LogP contribution < -0.4 is 4.74 Å². The predicted molar refractivity (Wildman–Crippen MR) is 68.5 cm³/mol. The van der Waals surface area contributed by atoms with E-state index in [1.165, 1.54) is 6.07 Å². The van der Waals surface area contributed by atoms with Crippen LogP contribution in [0.25, 0.3) is 11.1 Å². The molecule has 0 unspecified atom stereocenters. The van der Waals surface area contributed by atoms with Crippen LogP contribution in [0, 0.1) is 0 Å². The van der Waals surface area contributed by atoms with Crippen molar-refractivity contribution in [2.45, 2.75) is 19.0 Å². The molecule has 2 aromatic rings. The lowest BCUT2D eigenvalue weighted by molar-refractivity contribution is -0.274. The highest BCUT2D eigenvalue weighted by Crippen LogP contribution is 2.38. The molecule has 0 fully saturated rings. The molecular formula is C15H8F8O. The Kier molecular flexibility index (Phi) is 4.73. The zero-order valence-electron chi connectivity index (χ0n) is 11.6. The number of benzene rings is 2. The van der Waals surface area contributed by atoms with Crippen molar-refractivity contribution in [2.24, 2.45) is 0 Å². The van der Waals surface area contributed by atoms with E-state index < -0.39 is 35.8 Å². The van der Waals surface area contributed by atoms with Crippen molar-refractivity contribution in [2.75, 3.05) is 0 Å².